The monoisotopic (exact) mass is 294 g/mol. The molecular formula is C13H18N4S2. The Morgan fingerprint density at radius 2 is 2.47 bits per heavy atom. The van der Waals surface area contributed by atoms with Gasteiger partial charge in [-0.25, -0.2) is 10.4 Å². The summed E-state index contributed by atoms with van der Waals surface area (Å²) in [6.07, 6.45) is 5.03. The first kappa shape index (κ1) is 13.2. The predicted octanol–water partition coefficient (Wildman–Crippen LogP) is 2.31. The number of hydrogen-bond acceptors (Lipinski definition) is 5. The molecule has 1 unspecified atom stereocenters. The maximum Gasteiger partial charge on any atom is 0.132 e. The molecule has 3 N–H and O–H groups in total. The minimum absolute atomic E-state index is 0.00412. The normalized spacial score (nSPS) is 16.3. The van der Waals surface area contributed by atoms with Crippen molar-refractivity contribution in [1.82, 2.24) is 15.0 Å². The first-order valence-corrected chi connectivity index (χ1v) is 8.47. The average molecular weight is 294 g/mol. The Labute approximate surface area is 121 Å². The van der Waals surface area contributed by atoms with E-state index in [1.54, 1.807) is 0 Å². The molecule has 19 heavy (non-hydrogen) atoms. The van der Waals surface area contributed by atoms with Crippen molar-refractivity contribution < 1.29 is 0 Å². The summed E-state index contributed by atoms with van der Waals surface area (Å²) >= 11 is 3.89. The van der Waals surface area contributed by atoms with Crippen LogP contribution in [0.3, 0.4) is 0 Å². The standard InChI is InChI=1S/C13H18N4S2/c1-2-17-5-4-15-13(17)12(16-14)11-7-9-8-18-6-3-10(9)19-11/h4-5,7,12,16H,2-3,6,8,14H2,1H3. The number of aryl methyl sites for hydroxylation is 2. The fraction of sp³-hybridized carbons (Fsp3) is 0.462. The number of thiophene rings is 1. The molecule has 0 amide bonds. The fourth-order valence-electron chi connectivity index (χ4n) is 2.44. The van der Waals surface area contributed by atoms with Crippen molar-refractivity contribution >= 4 is 23.1 Å². The molecule has 2 aromatic heterocycles. The quantitative estimate of drug-likeness (QED) is 0.671. The third kappa shape index (κ3) is 2.45. The molecule has 0 spiro atoms. The van der Waals surface area contributed by atoms with Crippen LogP contribution in [0.5, 0.6) is 0 Å². The summed E-state index contributed by atoms with van der Waals surface area (Å²) in [5.41, 5.74) is 4.40. The second kappa shape index (κ2) is 5.66. The highest BCUT2D eigenvalue weighted by Crippen LogP contribution is 2.35. The molecule has 0 aromatic carbocycles. The smallest absolute Gasteiger partial charge is 0.132 e. The van der Waals surface area contributed by atoms with Gasteiger partial charge in [-0.15, -0.1) is 11.3 Å². The summed E-state index contributed by atoms with van der Waals surface area (Å²) in [5, 5.41) is 0. The number of thioether (sulfide) groups is 1. The van der Waals surface area contributed by atoms with Crippen molar-refractivity contribution in [2.24, 2.45) is 5.84 Å². The molecule has 4 nitrogen and oxygen atoms in total. The molecule has 0 radical (unpaired) electrons. The highest BCUT2D eigenvalue weighted by Gasteiger charge is 2.22. The Hall–Kier alpha value is -0.820. The first-order chi connectivity index (χ1) is 9.33. The van der Waals surface area contributed by atoms with Crippen LogP contribution in [0.2, 0.25) is 0 Å². The zero-order valence-corrected chi connectivity index (χ0v) is 12.6. The van der Waals surface area contributed by atoms with Crippen LogP contribution in [0.25, 0.3) is 0 Å². The molecule has 0 saturated heterocycles. The van der Waals surface area contributed by atoms with E-state index < -0.39 is 0 Å². The van der Waals surface area contributed by atoms with Gasteiger partial charge in [0, 0.05) is 34.4 Å². The second-order valence-electron chi connectivity index (χ2n) is 4.57. The van der Waals surface area contributed by atoms with E-state index in [-0.39, 0.29) is 6.04 Å². The van der Waals surface area contributed by atoms with E-state index in [1.807, 2.05) is 35.5 Å². The molecule has 0 aliphatic carbocycles. The summed E-state index contributed by atoms with van der Waals surface area (Å²) in [6.45, 7) is 3.03. The Morgan fingerprint density at radius 1 is 1.58 bits per heavy atom. The van der Waals surface area contributed by atoms with E-state index in [0.29, 0.717) is 0 Å². The summed E-state index contributed by atoms with van der Waals surface area (Å²) < 4.78 is 2.14. The Bertz CT molecular complexity index is 537. The second-order valence-corrected chi connectivity index (χ2v) is 6.84. The van der Waals surface area contributed by atoms with Crippen molar-refractivity contribution in [3.63, 3.8) is 0 Å². The van der Waals surface area contributed by atoms with Gasteiger partial charge >= 0.3 is 0 Å². The molecule has 0 bridgehead atoms. The van der Waals surface area contributed by atoms with Gasteiger partial charge in [-0.1, -0.05) is 0 Å². The third-order valence-corrected chi connectivity index (χ3v) is 5.75. The van der Waals surface area contributed by atoms with Gasteiger partial charge in [-0.2, -0.15) is 11.8 Å². The molecule has 1 aliphatic rings. The number of nitrogens with two attached hydrogens (primary N) is 1. The Balaban J connectivity index is 1.96. The van der Waals surface area contributed by atoms with Gasteiger partial charge in [0.2, 0.25) is 0 Å². The summed E-state index contributed by atoms with van der Waals surface area (Å²) in [6, 6.07) is 2.29. The molecule has 1 atom stereocenters. The lowest BCUT2D eigenvalue weighted by Crippen LogP contribution is -2.30. The number of hydrogen-bond donors (Lipinski definition) is 2. The Morgan fingerprint density at radius 3 is 3.21 bits per heavy atom. The summed E-state index contributed by atoms with van der Waals surface area (Å²) in [7, 11) is 0. The van der Waals surface area contributed by atoms with E-state index in [9.17, 15) is 0 Å². The molecule has 102 valence electrons. The largest absolute Gasteiger partial charge is 0.334 e. The first-order valence-electron chi connectivity index (χ1n) is 6.50. The molecule has 6 heteroatoms. The number of rotatable bonds is 4. The van der Waals surface area contributed by atoms with E-state index in [0.717, 1.165) is 18.1 Å². The van der Waals surface area contributed by atoms with Gasteiger partial charge < -0.3 is 4.57 Å². The minimum atomic E-state index is -0.00412. The zero-order chi connectivity index (χ0) is 13.2. The molecule has 0 saturated carbocycles. The van der Waals surface area contributed by atoms with Gasteiger partial charge in [0.15, 0.2) is 0 Å². The molecule has 0 fully saturated rings. The predicted molar refractivity (Wildman–Crippen MR) is 81.3 cm³/mol. The van der Waals surface area contributed by atoms with E-state index in [4.69, 9.17) is 5.84 Å². The van der Waals surface area contributed by atoms with Crippen LogP contribution in [-0.2, 0) is 18.7 Å². The molecule has 3 rings (SSSR count). The lowest BCUT2D eigenvalue weighted by Gasteiger charge is -2.15. The number of imidazole rings is 1. The maximum absolute atomic E-state index is 5.78. The molecular weight excluding hydrogens is 276 g/mol. The molecule has 3 heterocycles. The molecule has 2 aromatic rings. The van der Waals surface area contributed by atoms with Crippen LogP contribution in [0, 0.1) is 0 Å². The topological polar surface area (TPSA) is 55.9 Å². The van der Waals surface area contributed by atoms with Gasteiger partial charge in [-0.3, -0.25) is 5.84 Å². The van der Waals surface area contributed by atoms with Gasteiger partial charge in [-0.05, 0) is 30.7 Å². The Kier molecular flexibility index (Phi) is 3.93. The van der Waals surface area contributed by atoms with Gasteiger partial charge in [0.1, 0.15) is 11.9 Å². The third-order valence-electron chi connectivity index (χ3n) is 3.44. The summed E-state index contributed by atoms with van der Waals surface area (Å²) in [5.74, 6) is 9.14. The SMILES string of the molecule is CCn1ccnc1C(NN)c1cc2c(s1)CCSC2. The van der Waals surface area contributed by atoms with Crippen molar-refractivity contribution in [2.45, 2.75) is 31.7 Å². The highest BCUT2D eigenvalue weighted by atomic mass is 32.2. The van der Waals surface area contributed by atoms with E-state index in [1.165, 1.54) is 27.5 Å². The van der Waals surface area contributed by atoms with Crippen molar-refractivity contribution in [3.05, 3.63) is 39.6 Å². The summed E-state index contributed by atoms with van der Waals surface area (Å²) in [4.78, 5) is 7.25. The number of fused-ring (bicyclic) bond motifs is 1. The minimum Gasteiger partial charge on any atom is -0.334 e. The van der Waals surface area contributed by atoms with Crippen molar-refractivity contribution in [1.29, 1.82) is 0 Å². The van der Waals surface area contributed by atoms with Gasteiger partial charge in [0.25, 0.3) is 0 Å². The van der Waals surface area contributed by atoms with Crippen LogP contribution in [0.1, 0.15) is 34.1 Å². The van der Waals surface area contributed by atoms with Crippen LogP contribution in [-0.4, -0.2) is 15.3 Å². The van der Waals surface area contributed by atoms with Crippen LogP contribution >= 0.6 is 23.1 Å². The maximum atomic E-state index is 5.78. The lowest BCUT2D eigenvalue weighted by atomic mass is 10.1. The van der Waals surface area contributed by atoms with Crippen LogP contribution < -0.4 is 11.3 Å². The average Bonchev–Trinajstić information content (AvgIpc) is 3.05. The molecule has 1 aliphatic heterocycles. The number of hydrazine groups is 1. The fourth-order valence-corrected chi connectivity index (χ4v) is 4.88. The van der Waals surface area contributed by atoms with Crippen molar-refractivity contribution in [2.75, 3.05) is 5.75 Å². The number of aromatic nitrogens is 2. The van der Waals surface area contributed by atoms with E-state index in [2.05, 4.69) is 28.0 Å². The zero-order valence-electron chi connectivity index (χ0n) is 10.9. The highest BCUT2D eigenvalue weighted by molar-refractivity contribution is 7.98. The number of nitrogens with zero attached hydrogens (tertiary/aromatic N) is 2. The van der Waals surface area contributed by atoms with Crippen LogP contribution in [0.4, 0.5) is 0 Å². The van der Waals surface area contributed by atoms with E-state index >= 15 is 0 Å². The van der Waals surface area contributed by atoms with Gasteiger partial charge in [0.05, 0.1) is 0 Å². The number of nitrogens with one attached hydrogen (secondary N) is 1. The van der Waals surface area contributed by atoms with Crippen molar-refractivity contribution in [3.8, 4) is 0 Å². The van der Waals surface area contributed by atoms with Crippen LogP contribution in [0.15, 0.2) is 18.5 Å². The lowest BCUT2D eigenvalue weighted by molar-refractivity contribution is 0.567.